The SMILES string of the molecule is O=C(NCCNc1cc(N2CCCC2)ncn1)c1cccnc1. The maximum absolute atomic E-state index is 11.9. The Bertz CT molecular complexity index is 642. The van der Waals surface area contributed by atoms with E-state index in [9.17, 15) is 4.79 Å². The van der Waals surface area contributed by atoms with Crippen molar-refractivity contribution in [1.29, 1.82) is 0 Å². The number of anilines is 2. The van der Waals surface area contributed by atoms with Gasteiger partial charge in [-0.2, -0.15) is 0 Å². The van der Waals surface area contributed by atoms with Crippen LogP contribution in [0.25, 0.3) is 0 Å². The van der Waals surface area contributed by atoms with Gasteiger partial charge in [-0.1, -0.05) is 0 Å². The van der Waals surface area contributed by atoms with Crippen molar-refractivity contribution in [3.63, 3.8) is 0 Å². The summed E-state index contributed by atoms with van der Waals surface area (Å²) in [4.78, 5) is 26.6. The summed E-state index contributed by atoms with van der Waals surface area (Å²) in [5.74, 6) is 1.61. The highest BCUT2D eigenvalue weighted by Gasteiger charge is 2.13. The molecule has 3 heterocycles. The van der Waals surface area contributed by atoms with E-state index in [1.54, 1.807) is 30.9 Å². The minimum atomic E-state index is -0.125. The zero-order valence-corrected chi connectivity index (χ0v) is 12.9. The van der Waals surface area contributed by atoms with E-state index in [1.165, 1.54) is 12.8 Å². The van der Waals surface area contributed by atoms with Gasteiger partial charge in [0.1, 0.15) is 18.0 Å². The Kier molecular flexibility index (Phi) is 4.98. The second kappa shape index (κ2) is 7.53. The van der Waals surface area contributed by atoms with Crippen LogP contribution in [0.4, 0.5) is 11.6 Å². The Morgan fingerprint density at radius 2 is 2.09 bits per heavy atom. The van der Waals surface area contributed by atoms with Crippen LogP contribution in [0, 0.1) is 0 Å². The van der Waals surface area contributed by atoms with Gasteiger partial charge in [-0.3, -0.25) is 9.78 Å². The summed E-state index contributed by atoms with van der Waals surface area (Å²) in [6, 6.07) is 5.44. The number of nitrogens with one attached hydrogen (secondary N) is 2. The van der Waals surface area contributed by atoms with Gasteiger partial charge in [0.2, 0.25) is 0 Å². The lowest BCUT2D eigenvalue weighted by atomic mass is 10.3. The van der Waals surface area contributed by atoms with Crippen LogP contribution in [0.5, 0.6) is 0 Å². The van der Waals surface area contributed by atoms with Crippen LogP contribution in [0.2, 0.25) is 0 Å². The maximum Gasteiger partial charge on any atom is 0.252 e. The minimum absolute atomic E-state index is 0.125. The predicted octanol–water partition coefficient (Wildman–Crippen LogP) is 1.31. The van der Waals surface area contributed by atoms with Crippen molar-refractivity contribution in [2.24, 2.45) is 0 Å². The van der Waals surface area contributed by atoms with E-state index in [2.05, 4.69) is 30.5 Å². The molecule has 1 amide bonds. The highest BCUT2D eigenvalue weighted by Crippen LogP contribution is 2.18. The number of rotatable bonds is 6. The number of amides is 1. The van der Waals surface area contributed by atoms with Crippen molar-refractivity contribution < 1.29 is 4.79 Å². The molecule has 0 saturated carbocycles. The smallest absolute Gasteiger partial charge is 0.252 e. The van der Waals surface area contributed by atoms with E-state index < -0.39 is 0 Å². The third-order valence-corrected chi connectivity index (χ3v) is 3.72. The molecule has 7 heteroatoms. The molecule has 3 rings (SSSR count). The van der Waals surface area contributed by atoms with Gasteiger partial charge in [0, 0.05) is 44.6 Å². The summed E-state index contributed by atoms with van der Waals surface area (Å²) in [6.07, 6.45) is 7.20. The largest absolute Gasteiger partial charge is 0.368 e. The van der Waals surface area contributed by atoms with Gasteiger partial charge >= 0.3 is 0 Å². The minimum Gasteiger partial charge on any atom is -0.368 e. The molecule has 1 aliphatic rings. The lowest BCUT2D eigenvalue weighted by Gasteiger charge is -2.16. The third-order valence-electron chi connectivity index (χ3n) is 3.72. The first-order valence-electron chi connectivity index (χ1n) is 7.82. The van der Waals surface area contributed by atoms with E-state index in [4.69, 9.17) is 0 Å². The van der Waals surface area contributed by atoms with Gasteiger partial charge in [0.15, 0.2) is 0 Å². The van der Waals surface area contributed by atoms with E-state index in [-0.39, 0.29) is 5.91 Å². The molecule has 2 aromatic heterocycles. The highest BCUT2D eigenvalue weighted by atomic mass is 16.1. The zero-order valence-electron chi connectivity index (χ0n) is 12.9. The Morgan fingerprint density at radius 3 is 2.87 bits per heavy atom. The van der Waals surface area contributed by atoms with Crippen LogP contribution in [-0.2, 0) is 0 Å². The number of aromatic nitrogens is 3. The van der Waals surface area contributed by atoms with Crippen LogP contribution in [0.1, 0.15) is 23.2 Å². The Labute approximate surface area is 135 Å². The van der Waals surface area contributed by atoms with Gasteiger partial charge in [-0.05, 0) is 25.0 Å². The fourth-order valence-electron chi connectivity index (χ4n) is 2.53. The second-order valence-corrected chi connectivity index (χ2v) is 5.38. The van der Waals surface area contributed by atoms with Crippen molar-refractivity contribution in [3.8, 4) is 0 Å². The van der Waals surface area contributed by atoms with Crippen molar-refractivity contribution in [1.82, 2.24) is 20.3 Å². The molecular formula is C16H20N6O. The topological polar surface area (TPSA) is 83.0 Å². The summed E-state index contributed by atoms with van der Waals surface area (Å²) in [5, 5.41) is 6.05. The number of carbonyl (C=O) groups excluding carboxylic acids is 1. The lowest BCUT2D eigenvalue weighted by Crippen LogP contribution is -2.29. The Morgan fingerprint density at radius 1 is 1.22 bits per heavy atom. The number of nitrogens with zero attached hydrogens (tertiary/aromatic N) is 4. The molecule has 2 N–H and O–H groups in total. The van der Waals surface area contributed by atoms with Crippen molar-refractivity contribution in [2.45, 2.75) is 12.8 Å². The Hall–Kier alpha value is -2.70. The Balaban J connectivity index is 1.45. The van der Waals surface area contributed by atoms with E-state index in [1.807, 2.05) is 6.07 Å². The molecule has 1 saturated heterocycles. The van der Waals surface area contributed by atoms with E-state index in [0.717, 1.165) is 24.7 Å². The number of hydrogen-bond acceptors (Lipinski definition) is 6. The number of pyridine rings is 1. The van der Waals surface area contributed by atoms with Crippen LogP contribution >= 0.6 is 0 Å². The summed E-state index contributed by atoms with van der Waals surface area (Å²) in [6.45, 7) is 3.22. The zero-order chi connectivity index (χ0) is 15.9. The molecule has 0 unspecified atom stereocenters. The fourth-order valence-corrected chi connectivity index (χ4v) is 2.53. The van der Waals surface area contributed by atoms with Gasteiger partial charge < -0.3 is 15.5 Å². The van der Waals surface area contributed by atoms with Gasteiger partial charge in [-0.25, -0.2) is 9.97 Å². The molecular weight excluding hydrogens is 292 g/mol. The van der Waals surface area contributed by atoms with Crippen molar-refractivity contribution in [3.05, 3.63) is 42.5 Å². The van der Waals surface area contributed by atoms with Gasteiger partial charge in [0.05, 0.1) is 5.56 Å². The van der Waals surface area contributed by atoms with Crippen LogP contribution in [0.3, 0.4) is 0 Å². The molecule has 0 atom stereocenters. The summed E-state index contributed by atoms with van der Waals surface area (Å²) >= 11 is 0. The number of hydrogen-bond donors (Lipinski definition) is 2. The van der Waals surface area contributed by atoms with Crippen molar-refractivity contribution in [2.75, 3.05) is 36.4 Å². The summed E-state index contributed by atoms with van der Waals surface area (Å²) in [5.41, 5.74) is 0.561. The molecule has 0 aliphatic carbocycles. The fraction of sp³-hybridized carbons (Fsp3) is 0.375. The quantitative estimate of drug-likeness (QED) is 0.783. The summed E-state index contributed by atoms with van der Waals surface area (Å²) < 4.78 is 0. The predicted molar refractivity (Wildman–Crippen MR) is 88.5 cm³/mol. The van der Waals surface area contributed by atoms with Gasteiger partial charge in [0.25, 0.3) is 5.91 Å². The molecule has 120 valence electrons. The lowest BCUT2D eigenvalue weighted by molar-refractivity contribution is 0.0955. The first-order chi connectivity index (χ1) is 11.3. The molecule has 7 nitrogen and oxygen atoms in total. The van der Waals surface area contributed by atoms with E-state index >= 15 is 0 Å². The van der Waals surface area contributed by atoms with E-state index in [0.29, 0.717) is 18.7 Å². The monoisotopic (exact) mass is 312 g/mol. The average molecular weight is 312 g/mol. The molecule has 0 bridgehead atoms. The molecule has 1 aliphatic heterocycles. The average Bonchev–Trinajstić information content (AvgIpc) is 3.14. The van der Waals surface area contributed by atoms with Crippen molar-refractivity contribution >= 4 is 17.5 Å². The van der Waals surface area contributed by atoms with Crippen LogP contribution < -0.4 is 15.5 Å². The first-order valence-corrected chi connectivity index (χ1v) is 7.82. The molecule has 0 spiro atoms. The van der Waals surface area contributed by atoms with Gasteiger partial charge in [-0.15, -0.1) is 0 Å². The third kappa shape index (κ3) is 4.15. The molecule has 2 aromatic rings. The highest BCUT2D eigenvalue weighted by molar-refractivity contribution is 5.93. The molecule has 23 heavy (non-hydrogen) atoms. The maximum atomic E-state index is 11.9. The standard InChI is InChI=1S/C16H20N6O/c23-16(13-4-3-5-17-11-13)19-7-6-18-14-10-15(21-12-20-14)22-8-1-2-9-22/h3-5,10-12H,1-2,6-9H2,(H,19,23)(H,18,20,21). The molecule has 0 radical (unpaired) electrons. The second-order valence-electron chi connectivity index (χ2n) is 5.38. The van der Waals surface area contributed by atoms with Crippen LogP contribution in [0.15, 0.2) is 36.9 Å². The molecule has 1 fully saturated rings. The molecule has 0 aromatic carbocycles. The normalized spacial score (nSPS) is 13.8. The summed E-state index contributed by atoms with van der Waals surface area (Å²) in [7, 11) is 0. The first kappa shape index (κ1) is 15.2. The number of carbonyl (C=O) groups is 1. The van der Waals surface area contributed by atoms with Crippen LogP contribution in [-0.4, -0.2) is 47.0 Å².